The Bertz CT molecular complexity index is 500. The van der Waals surface area contributed by atoms with Crippen molar-refractivity contribution in [1.82, 2.24) is 0 Å². The molecule has 0 spiro atoms. The number of para-hydroxylation sites is 2. The van der Waals surface area contributed by atoms with Crippen molar-refractivity contribution < 1.29 is 19.1 Å². The van der Waals surface area contributed by atoms with Gasteiger partial charge in [0.2, 0.25) is 0 Å². The van der Waals surface area contributed by atoms with E-state index < -0.39 is 0 Å². The van der Waals surface area contributed by atoms with Gasteiger partial charge < -0.3 is 14.8 Å². The van der Waals surface area contributed by atoms with Gasteiger partial charge in [-0.15, -0.1) is 0 Å². The van der Waals surface area contributed by atoms with E-state index in [0.717, 1.165) is 6.42 Å². The molecule has 5 nitrogen and oxygen atoms in total. The zero-order valence-electron chi connectivity index (χ0n) is 11.7. The molecule has 108 valence electrons. The highest BCUT2D eigenvalue weighted by molar-refractivity contribution is 5.94. The molecule has 0 saturated heterocycles. The predicted molar refractivity (Wildman–Crippen MR) is 74.5 cm³/mol. The van der Waals surface area contributed by atoms with Crippen molar-refractivity contribution in [3.05, 3.63) is 24.3 Å². The Balaban J connectivity index is 1.83. The average molecular weight is 277 g/mol. The Morgan fingerprint density at radius 3 is 2.70 bits per heavy atom. The van der Waals surface area contributed by atoms with Gasteiger partial charge in [-0.2, -0.15) is 0 Å². The van der Waals surface area contributed by atoms with E-state index in [-0.39, 0.29) is 24.4 Å². The smallest absolute Gasteiger partial charge is 0.309 e. The SMILES string of the molecule is CCOc1ccccc1NC(=O)COC(=O)[C@@H]1C[C@H]1C. The van der Waals surface area contributed by atoms with Crippen molar-refractivity contribution in [2.75, 3.05) is 18.5 Å². The van der Waals surface area contributed by atoms with Gasteiger partial charge in [0.05, 0.1) is 18.2 Å². The molecule has 0 aliphatic heterocycles. The van der Waals surface area contributed by atoms with E-state index in [0.29, 0.717) is 24.0 Å². The van der Waals surface area contributed by atoms with Gasteiger partial charge in [0.15, 0.2) is 6.61 Å². The second kappa shape index (κ2) is 6.41. The summed E-state index contributed by atoms with van der Waals surface area (Å²) in [6.07, 6.45) is 0.855. The van der Waals surface area contributed by atoms with Crippen LogP contribution < -0.4 is 10.1 Å². The number of amides is 1. The Kier molecular flexibility index (Phi) is 4.61. The molecule has 2 rings (SSSR count). The fourth-order valence-electron chi connectivity index (χ4n) is 1.93. The van der Waals surface area contributed by atoms with Gasteiger partial charge in [-0.3, -0.25) is 9.59 Å². The first-order valence-corrected chi connectivity index (χ1v) is 6.80. The first kappa shape index (κ1) is 14.4. The lowest BCUT2D eigenvalue weighted by atomic mass is 10.3. The summed E-state index contributed by atoms with van der Waals surface area (Å²) in [5.74, 6) is 0.304. The average Bonchev–Trinajstić information content (AvgIpc) is 3.16. The van der Waals surface area contributed by atoms with Crippen molar-refractivity contribution in [2.24, 2.45) is 11.8 Å². The lowest BCUT2D eigenvalue weighted by Gasteiger charge is -2.11. The summed E-state index contributed by atoms with van der Waals surface area (Å²) in [5.41, 5.74) is 0.579. The molecule has 0 unspecified atom stereocenters. The van der Waals surface area contributed by atoms with Gasteiger partial charge >= 0.3 is 5.97 Å². The third-order valence-corrected chi connectivity index (χ3v) is 3.22. The summed E-state index contributed by atoms with van der Waals surface area (Å²) >= 11 is 0. The number of ether oxygens (including phenoxy) is 2. The van der Waals surface area contributed by atoms with Gasteiger partial charge in [-0.25, -0.2) is 0 Å². The van der Waals surface area contributed by atoms with Gasteiger partial charge in [0, 0.05) is 0 Å². The quantitative estimate of drug-likeness (QED) is 0.810. The summed E-state index contributed by atoms with van der Waals surface area (Å²) < 4.78 is 10.4. The minimum absolute atomic E-state index is 0.0292. The molecule has 1 aliphatic carbocycles. The highest BCUT2D eigenvalue weighted by Gasteiger charge is 2.40. The third-order valence-electron chi connectivity index (χ3n) is 3.22. The maximum atomic E-state index is 11.8. The molecule has 1 aromatic carbocycles. The van der Waals surface area contributed by atoms with E-state index >= 15 is 0 Å². The number of benzene rings is 1. The molecule has 1 fully saturated rings. The molecule has 0 bridgehead atoms. The van der Waals surface area contributed by atoms with Crippen LogP contribution in [-0.2, 0) is 14.3 Å². The van der Waals surface area contributed by atoms with Gasteiger partial charge in [0.25, 0.3) is 5.91 Å². The van der Waals surface area contributed by atoms with Crippen LogP contribution in [0.5, 0.6) is 5.75 Å². The molecular formula is C15H19NO4. The van der Waals surface area contributed by atoms with Crippen LogP contribution in [0, 0.1) is 11.8 Å². The standard InChI is InChI=1S/C15H19NO4/c1-3-19-13-7-5-4-6-12(13)16-14(17)9-20-15(18)11-8-10(11)2/h4-7,10-11H,3,8-9H2,1-2H3,(H,16,17)/t10-,11-/m1/s1. The highest BCUT2D eigenvalue weighted by atomic mass is 16.5. The van der Waals surface area contributed by atoms with Gasteiger partial charge in [-0.1, -0.05) is 19.1 Å². The topological polar surface area (TPSA) is 64.6 Å². The lowest BCUT2D eigenvalue weighted by molar-refractivity contribution is -0.148. The molecule has 1 aromatic rings. The minimum Gasteiger partial charge on any atom is -0.492 e. The molecule has 1 aliphatic rings. The third kappa shape index (κ3) is 3.73. The first-order valence-electron chi connectivity index (χ1n) is 6.80. The van der Waals surface area contributed by atoms with Crippen LogP contribution >= 0.6 is 0 Å². The summed E-state index contributed by atoms with van der Waals surface area (Å²) in [7, 11) is 0. The molecule has 0 aromatic heterocycles. The van der Waals surface area contributed by atoms with Crippen LogP contribution in [-0.4, -0.2) is 25.1 Å². The van der Waals surface area contributed by atoms with Gasteiger partial charge in [0.1, 0.15) is 5.75 Å². The number of hydrogen-bond acceptors (Lipinski definition) is 4. The maximum absolute atomic E-state index is 11.8. The van der Waals surface area contributed by atoms with Crippen LogP contribution in [0.2, 0.25) is 0 Å². The second-order valence-corrected chi connectivity index (χ2v) is 4.90. The number of anilines is 1. The van der Waals surface area contributed by atoms with E-state index in [9.17, 15) is 9.59 Å². The van der Waals surface area contributed by atoms with Crippen LogP contribution in [0.1, 0.15) is 20.3 Å². The van der Waals surface area contributed by atoms with Crippen molar-refractivity contribution in [1.29, 1.82) is 0 Å². The number of esters is 1. The summed E-state index contributed by atoms with van der Waals surface area (Å²) in [5, 5.41) is 2.68. The molecule has 0 radical (unpaired) electrons. The van der Waals surface area contributed by atoms with E-state index in [2.05, 4.69) is 5.32 Å². The Morgan fingerprint density at radius 1 is 1.35 bits per heavy atom. The Hall–Kier alpha value is -2.04. The summed E-state index contributed by atoms with van der Waals surface area (Å²) in [6, 6.07) is 7.15. The van der Waals surface area contributed by atoms with E-state index in [1.54, 1.807) is 18.2 Å². The Labute approximate surface area is 118 Å². The molecule has 1 N–H and O–H groups in total. The molecule has 0 heterocycles. The van der Waals surface area contributed by atoms with Crippen molar-refractivity contribution in [3.63, 3.8) is 0 Å². The molecule has 1 saturated carbocycles. The fraction of sp³-hybridized carbons (Fsp3) is 0.467. The fourth-order valence-corrected chi connectivity index (χ4v) is 1.93. The molecule has 20 heavy (non-hydrogen) atoms. The first-order chi connectivity index (χ1) is 9.61. The largest absolute Gasteiger partial charge is 0.492 e. The number of carbonyl (C=O) groups excluding carboxylic acids is 2. The number of nitrogens with one attached hydrogen (secondary N) is 1. The normalized spacial score (nSPS) is 20.1. The highest BCUT2D eigenvalue weighted by Crippen LogP contribution is 2.38. The van der Waals surface area contributed by atoms with Gasteiger partial charge in [-0.05, 0) is 31.4 Å². The van der Waals surface area contributed by atoms with Crippen LogP contribution in [0.15, 0.2) is 24.3 Å². The van der Waals surface area contributed by atoms with Crippen molar-refractivity contribution >= 4 is 17.6 Å². The monoisotopic (exact) mass is 277 g/mol. The molecule has 2 atom stereocenters. The van der Waals surface area contributed by atoms with E-state index in [4.69, 9.17) is 9.47 Å². The number of rotatable bonds is 6. The maximum Gasteiger partial charge on any atom is 0.309 e. The zero-order chi connectivity index (χ0) is 14.5. The molecule has 1 amide bonds. The molecular weight excluding hydrogens is 258 g/mol. The minimum atomic E-state index is -0.362. The zero-order valence-corrected chi connectivity index (χ0v) is 11.7. The van der Waals surface area contributed by atoms with E-state index in [1.165, 1.54) is 0 Å². The Morgan fingerprint density at radius 2 is 2.05 bits per heavy atom. The second-order valence-electron chi connectivity index (χ2n) is 4.90. The molecule has 5 heteroatoms. The van der Waals surface area contributed by atoms with Crippen LogP contribution in [0.3, 0.4) is 0 Å². The number of hydrogen-bond donors (Lipinski definition) is 1. The summed E-state index contributed by atoms with van der Waals surface area (Å²) in [6.45, 7) is 4.12. The predicted octanol–water partition coefficient (Wildman–Crippen LogP) is 2.22. The van der Waals surface area contributed by atoms with Crippen molar-refractivity contribution in [3.8, 4) is 5.75 Å². The van der Waals surface area contributed by atoms with E-state index in [1.807, 2.05) is 19.9 Å². The van der Waals surface area contributed by atoms with Crippen molar-refractivity contribution in [2.45, 2.75) is 20.3 Å². The lowest BCUT2D eigenvalue weighted by Crippen LogP contribution is -2.22. The van der Waals surface area contributed by atoms with Crippen LogP contribution in [0.25, 0.3) is 0 Å². The summed E-state index contributed by atoms with van der Waals surface area (Å²) in [4.78, 5) is 23.3. The number of carbonyl (C=O) groups is 2. The van der Waals surface area contributed by atoms with Crippen LogP contribution in [0.4, 0.5) is 5.69 Å².